The second-order valence-electron chi connectivity index (χ2n) is 8.10. The number of benzene rings is 1. The number of amides is 1. The van der Waals surface area contributed by atoms with E-state index in [0.29, 0.717) is 19.6 Å². The van der Waals surface area contributed by atoms with Crippen molar-refractivity contribution in [3.8, 4) is 5.75 Å². The molecule has 1 aromatic heterocycles. The quantitative estimate of drug-likeness (QED) is 0.748. The van der Waals surface area contributed by atoms with E-state index in [1.54, 1.807) is 18.4 Å². The number of carbonyl (C=O) groups is 1. The fourth-order valence-corrected chi connectivity index (χ4v) is 5.98. The van der Waals surface area contributed by atoms with Crippen LogP contribution in [0.5, 0.6) is 5.75 Å². The van der Waals surface area contributed by atoms with Crippen molar-refractivity contribution in [2.45, 2.75) is 25.0 Å². The number of para-hydroxylation sites is 2. The number of methoxy groups -OCH3 is 1. The molecule has 160 valence electrons. The van der Waals surface area contributed by atoms with E-state index in [1.165, 1.54) is 4.88 Å². The van der Waals surface area contributed by atoms with Gasteiger partial charge in [-0.2, -0.15) is 0 Å². The molecule has 5 rings (SSSR count). The zero-order chi connectivity index (χ0) is 20.6. The van der Waals surface area contributed by atoms with E-state index in [9.17, 15) is 4.79 Å². The Morgan fingerprint density at radius 2 is 1.93 bits per heavy atom. The molecule has 2 aliphatic heterocycles. The largest absolute Gasteiger partial charge is 0.495 e. The van der Waals surface area contributed by atoms with Crippen molar-refractivity contribution in [1.29, 1.82) is 0 Å². The summed E-state index contributed by atoms with van der Waals surface area (Å²) in [5.41, 5.74) is 2.24. The molecule has 2 aromatic rings. The molecule has 2 fully saturated rings. The van der Waals surface area contributed by atoms with E-state index in [-0.39, 0.29) is 11.8 Å². The minimum absolute atomic E-state index is 0.0712. The van der Waals surface area contributed by atoms with Crippen LogP contribution in [-0.2, 0) is 26.5 Å². The van der Waals surface area contributed by atoms with Crippen LogP contribution in [0.15, 0.2) is 35.7 Å². The second kappa shape index (κ2) is 8.21. The number of fused-ring (bicyclic) bond motifs is 2. The summed E-state index contributed by atoms with van der Waals surface area (Å²) in [4.78, 5) is 18.8. The standard InChI is InChI=1S/C23H28N2O4S/c1-27-20-5-3-2-4-19(20)24-9-11-25(12-10-24)22(26)16-17-6-7-21-18(8-15-30-21)23(17)28-13-14-29-23/h2-5,8,15,17H,6-7,9-14,16H2,1H3. The molecular formula is C23H28N2O4S. The normalized spacial score (nSPS) is 22.9. The van der Waals surface area contributed by atoms with Crippen LogP contribution >= 0.6 is 11.3 Å². The Morgan fingerprint density at radius 3 is 2.70 bits per heavy atom. The van der Waals surface area contributed by atoms with Gasteiger partial charge in [0.15, 0.2) is 5.79 Å². The van der Waals surface area contributed by atoms with Crippen LogP contribution in [0.25, 0.3) is 0 Å². The molecule has 3 heterocycles. The Hall–Kier alpha value is -2.09. The summed E-state index contributed by atoms with van der Waals surface area (Å²) < 4.78 is 17.8. The van der Waals surface area contributed by atoms with Gasteiger partial charge < -0.3 is 24.0 Å². The molecular weight excluding hydrogens is 400 g/mol. The fraction of sp³-hybridized carbons (Fsp3) is 0.522. The number of carbonyl (C=O) groups excluding carboxylic acids is 1. The van der Waals surface area contributed by atoms with Crippen LogP contribution in [0, 0.1) is 5.92 Å². The minimum atomic E-state index is -0.720. The summed E-state index contributed by atoms with van der Waals surface area (Å²) >= 11 is 1.77. The first-order valence-corrected chi connectivity index (χ1v) is 11.6. The third-order valence-electron chi connectivity index (χ3n) is 6.57. The van der Waals surface area contributed by atoms with E-state index < -0.39 is 5.79 Å². The van der Waals surface area contributed by atoms with Crippen molar-refractivity contribution in [3.63, 3.8) is 0 Å². The van der Waals surface area contributed by atoms with Crippen LogP contribution < -0.4 is 9.64 Å². The smallest absolute Gasteiger partial charge is 0.223 e. The van der Waals surface area contributed by atoms with Crippen molar-refractivity contribution in [2.24, 2.45) is 5.92 Å². The number of anilines is 1. The lowest BCUT2D eigenvalue weighted by atomic mass is 9.80. The van der Waals surface area contributed by atoms with Gasteiger partial charge in [-0.3, -0.25) is 4.79 Å². The monoisotopic (exact) mass is 428 g/mol. The SMILES string of the molecule is COc1ccccc1N1CCN(C(=O)CC2CCc3sccc3C23OCCO3)CC1. The highest BCUT2D eigenvalue weighted by atomic mass is 32.1. The molecule has 0 radical (unpaired) electrons. The molecule has 1 aromatic carbocycles. The van der Waals surface area contributed by atoms with Gasteiger partial charge in [0.2, 0.25) is 5.91 Å². The van der Waals surface area contributed by atoms with Crippen molar-refractivity contribution in [1.82, 2.24) is 4.90 Å². The van der Waals surface area contributed by atoms with Crippen molar-refractivity contribution in [3.05, 3.63) is 46.2 Å². The molecule has 6 nitrogen and oxygen atoms in total. The summed E-state index contributed by atoms with van der Waals surface area (Å²) in [7, 11) is 1.70. The number of aryl methyl sites for hydroxylation is 1. The summed E-state index contributed by atoms with van der Waals surface area (Å²) in [6.45, 7) is 4.26. The molecule has 2 saturated heterocycles. The van der Waals surface area contributed by atoms with E-state index in [4.69, 9.17) is 14.2 Å². The van der Waals surface area contributed by atoms with Gasteiger partial charge in [0.1, 0.15) is 5.75 Å². The van der Waals surface area contributed by atoms with Crippen LogP contribution in [0.1, 0.15) is 23.3 Å². The number of nitrogens with zero attached hydrogens (tertiary/aromatic N) is 2. The van der Waals surface area contributed by atoms with E-state index in [0.717, 1.165) is 56.0 Å². The highest BCUT2D eigenvalue weighted by molar-refractivity contribution is 7.10. The number of hydrogen-bond donors (Lipinski definition) is 0. The first-order valence-electron chi connectivity index (χ1n) is 10.7. The minimum Gasteiger partial charge on any atom is -0.495 e. The predicted octanol–water partition coefficient (Wildman–Crippen LogP) is 3.26. The van der Waals surface area contributed by atoms with Gasteiger partial charge in [-0.1, -0.05) is 12.1 Å². The first-order chi connectivity index (χ1) is 14.7. The maximum Gasteiger partial charge on any atom is 0.223 e. The number of thiophene rings is 1. The van der Waals surface area contributed by atoms with Gasteiger partial charge in [-0.25, -0.2) is 0 Å². The summed E-state index contributed by atoms with van der Waals surface area (Å²) in [5, 5.41) is 2.11. The van der Waals surface area contributed by atoms with Crippen LogP contribution in [0.3, 0.4) is 0 Å². The average molecular weight is 429 g/mol. The molecule has 1 spiro atoms. The van der Waals surface area contributed by atoms with Gasteiger partial charge in [0.05, 0.1) is 26.0 Å². The van der Waals surface area contributed by atoms with E-state index in [1.807, 2.05) is 23.1 Å². The third kappa shape index (κ3) is 3.39. The molecule has 1 aliphatic carbocycles. The van der Waals surface area contributed by atoms with Crippen LogP contribution in [0.2, 0.25) is 0 Å². The average Bonchev–Trinajstić information content (AvgIpc) is 3.47. The van der Waals surface area contributed by atoms with Crippen molar-refractivity contribution < 1.29 is 19.0 Å². The molecule has 30 heavy (non-hydrogen) atoms. The summed E-state index contributed by atoms with van der Waals surface area (Å²) in [6, 6.07) is 10.2. The lowest BCUT2D eigenvalue weighted by Crippen LogP contribution is -2.50. The number of hydrogen-bond acceptors (Lipinski definition) is 6. The maximum absolute atomic E-state index is 13.2. The Morgan fingerprint density at radius 1 is 1.17 bits per heavy atom. The molecule has 7 heteroatoms. The van der Waals surface area contributed by atoms with E-state index >= 15 is 0 Å². The Kier molecular flexibility index (Phi) is 5.43. The molecule has 1 amide bonds. The first kappa shape index (κ1) is 19.8. The van der Waals surface area contributed by atoms with Gasteiger partial charge in [-0.15, -0.1) is 11.3 Å². The predicted molar refractivity (Wildman–Crippen MR) is 116 cm³/mol. The lowest BCUT2D eigenvalue weighted by Gasteiger charge is -2.41. The molecule has 3 aliphatic rings. The zero-order valence-electron chi connectivity index (χ0n) is 17.3. The number of piperazine rings is 1. The number of rotatable bonds is 4. The maximum atomic E-state index is 13.2. The molecule has 0 saturated carbocycles. The lowest BCUT2D eigenvalue weighted by molar-refractivity contribution is -0.213. The van der Waals surface area contributed by atoms with E-state index in [2.05, 4.69) is 22.4 Å². The highest BCUT2D eigenvalue weighted by Gasteiger charge is 2.50. The van der Waals surface area contributed by atoms with Crippen molar-refractivity contribution in [2.75, 3.05) is 51.4 Å². The Labute approximate surface area is 181 Å². The van der Waals surface area contributed by atoms with Gasteiger partial charge in [-0.05, 0) is 36.4 Å². The highest BCUT2D eigenvalue weighted by Crippen LogP contribution is 2.49. The van der Waals surface area contributed by atoms with Gasteiger partial charge in [0, 0.05) is 49.0 Å². The Balaban J connectivity index is 1.25. The summed E-state index contributed by atoms with van der Waals surface area (Å²) in [6.07, 6.45) is 2.41. The summed E-state index contributed by atoms with van der Waals surface area (Å²) in [5.74, 6) is 0.435. The zero-order valence-corrected chi connectivity index (χ0v) is 18.2. The fourth-order valence-electron chi connectivity index (χ4n) is 5.04. The van der Waals surface area contributed by atoms with Gasteiger partial charge >= 0.3 is 0 Å². The Bertz CT molecular complexity index is 900. The molecule has 0 bridgehead atoms. The molecule has 1 unspecified atom stereocenters. The van der Waals surface area contributed by atoms with Crippen LogP contribution in [-0.4, -0.2) is 57.3 Å². The van der Waals surface area contributed by atoms with Crippen molar-refractivity contribution >= 4 is 22.9 Å². The van der Waals surface area contributed by atoms with Gasteiger partial charge in [0.25, 0.3) is 0 Å². The molecule has 1 atom stereocenters. The molecule has 0 N–H and O–H groups in total. The third-order valence-corrected chi connectivity index (χ3v) is 7.55. The topological polar surface area (TPSA) is 51.2 Å². The van der Waals surface area contributed by atoms with Crippen LogP contribution in [0.4, 0.5) is 5.69 Å². The number of ether oxygens (including phenoxy) is 3. The second-order valence-corrected chi connectivity index (χ2v) is 9.10.